The van der Waals surface area contributed by atoms with E-state index in [2.05, 4.69) is 0 Å². The van der Waals surface area contributed by atoms with Gasteiger partial charge >= 0.3 is 0 Å². The molecule has 0 bridgehead atoms. The predicted molar refractivity (Wildman–Crippen MR) is 49.6 cm³/mol. The van der Waals surface area contributed by atoms with E-state index < -0.39 is 0 Å². The van der Waals surface area contributed by atoms with E-state index in [9.17, 15) is 4.79 Å². The fourth-order valence-electron chi connectivity index (χ4n) is 1.70. The number of rotatable bonds is 3. The van der Waals surface area contributed by atoms with Gasteiger partial charge in [0.1, 0.15) is 5.78 Å². The number of hydrogen-bond acceptors (Lipinski definition) is 2. The minimum absolute atomic E-state index is 0.411. The molecule has 2 heteroatoms. The van der Waals surface area contributed by atoms with Crippen LogP contribution in [0.5, 0.6) is 0 Å². The lowest BCUT2D eigenvalue weighted by molar-refractivity contribution is -0.120. The van der Waals surface area contributed by atoms with Crippen molar-refractivity contribution in [2.75, 3.05) is 0 Å². The molecule has 1 fully saturated rings. The minimum Gasteiger partial charge on any atom is -0.310 e. The monoisotopic (exact) mass is 167 g/mol. The van der Waals surface area contributed by atoms with Gasteiger partial charge in [-0.05, 0) is 31.6 Å². The number of nitrogens with one attached hydrogen (secondary N) is 1. The van der Waals surface area contributed by atoms with Gasteiger partial charge in [0.25, 0.3) is 0 Å². The van der Waals surface area contributed by atoms with Crippen molar-refractivity contribution in [1.29, 1.82) is 5.41 Å². The molecule has 0 aliphatic heterocycles. The van der Waals surface area contributed by atoms with E-state index in [0.717, 1.165) is 44.2 Å². The molecule has 1 aliphatic carbocycles. The van der Waals surface area contributed by atoms with Crippen LogP contribution in [0, 0.1) is 11.3 Å². The summed E-state index contributed by atoms with van der Waals surface area (Å²) in [4.78, 5) is 10.9. The third kappa shape index (κ3) is 2.76. The van der Waals surface area contributed by atoms with Gasteiger partial charge < -0.3 is 5.41 Å². The van der Waals surface area contributed by atoms with Crippen molar-refractivity contribution < 1.29 is 4.79 Å². The van der Waals surface area contributed by atoms with Crippen LogP contribution in [-0.2, 0) is 4.79 Å². The standard InChI is InChI=1S/C10H17NO/c1-2-9(11)7-8-3-5-10(12)6-4-8/h8,11H,2-7H2,1H3. The average molecular weight is 167 g/mol. The number of ketones is 1. The predicted octanol–water partition coefficient (Wildman–Crippen LogP) is 2.57. The van der Waals surface area contributed by atoms with Crippen LogP contribution in [-0.4, -0.2) is 11.5 Å². The van der Waals surface area contributed by atoms with Crippen LogP contribution < -0.4 is 0 Å². The molecule has 0 atom stereocenters. The fraction of sp³-hybridized carbons (Fsp3) is 0.800. The van der Waals surface area contributed by atoms with Gasteiger partial charge in [-0.15, -0.1) is 0 Å². The summed E-state index contributed by atoms with van der Waals surface area (Å²) in [6.07, 6.45) is 5.32. The summed E-state index contributed by atoms with van der Waals surface area (Å²) in [6, 6.07) is 0. The molecule has 68 valence electrons. The maximum Gasteiger partial charge on any atom is 0.132 e. The Morgan fingerprint density at radius 3 is 2.58 bits per heavy atom. The van der Waals surface area contributed by atoms with Gasteiger partial charge in [-0.1, -0.05) is 6.92 Å². The quantitative estimate of drug-likeness (QED) is 0.645. The zero-order valence-electron chi connectivity index (χ0n) is 7.73. The van der Waals surface area contributed by atoms with Crippen LogP contribution in [0.1, 0.15) is 45.4 Å². The van der Waals surface area contributed by atoms with Gasteiger partial charge in [0.2, 0.25) is 0 Å². The first kappa shape index (κ1) is 9.43. The fourth-order valence-corrected chi connectivity index (χ4v) is 1.70. The smallest absolute Gasteiger partial charge is 0.132 e. The Kier molecular flexibility index (Phi) is 3.45. The number of carbonyl (C=O) groups excluding carboxylic acids is 1. The maximum absolute atomic E-state index is 10.9. The second-order valence-electron chi connectivity index (χ2n) is 3.64. The molecule has 0 aromatic heterocycles. The lowest BCUT2D eigenvalue weighted by atomic mass is 9.84. The number of Topliss-reactive ketones (excluding diaryl/α,β-unsaturated/α-hetero) is 1. The van der Waals surface area contributed by atoms with Crippen molar-refractivity contribution in [2.24, 2.45) is 5.92 Å². The number of carbonyl (C=O) groups is 1. The molecule has 0 heterocycles. The van der Waals surface area contributed by atoms with E-state index in [1.54, 1.807) is 0 Å². The molecule has 1 aliphatic rings. The molecule has 0 radical (unpaired) electrons. The molecule has 0 spiro atoms. The second-order valence-corrected chi connectivity index (χ2v) is 3.64. The summed E-state index contributed by atoms with van der Waals surface area (Å²) in [5, 5.41) is 7.54. The Hall–Kier alpha value is -0.660. The first-order chi connectivity index (χ1) is 5.72. The largest absolute Gasteiger partial charge is 0.310 e. The molecule has 1 N–H and O–H groups in total. The highest BCUT2D eigenvalue weighted by Gasteiger charge is 2.18. The van der Waals surface area contributed by atoms with E-state index in [1.165, 1.54) is 0 Å². The van der Waals surface area contributed by atoms with Crippen LogP contribution in [0.25, 0.3) is 0 Å². The lowest BCUT2D eigenvalue weighted by Gasteiger charge is -2.20. The van der Waals surface area contributed by atoms with Gasteiger partial charge in [-0.3, -0.25) is 4.79 Å². The molecule has 0 saturated heterocycles. The average Bonchev–Trinajstić information content (AvgIpc) is 2.09. The summed E-state index contributed by atoms with van der Waals surface area (Å²) in [6.45, 7) is 2.02. The van der Waals surface area contributed by atoms with Gasteiger partial charge in [-0.2, -0.15) is 0 Å². The third-order valence-electron chi connectivity index (χ3n) is 2.62. The van der Waals surface area contributed by atoms with Crippen LogP contribution in [0.3, 0.4) is 0 Å². The van der Waals surface area contributed by atoms with Crippen molar-refractivity contribution in [3.8, 4) is 0 Å². The summed E-state index contributed by atoms with van der Waals surface area (Å²) in [5.41, 5.74) is 0.842. The molecule has 1 rings (SSSR count). The van der Waals surface area contributed by atoms with Crippen molar-refractivity contribution >= 4 is 11.5 Å². The molecule has 0 unspecified atom stereocenters. The summed E-state index contributed by atoms with van der Waals surface area (Å²) in [7, 11) is 0. The van der Waals surface area contributed by atoms with E-state index in [-0.39, 0.29) is 0 Å². The van der Waals surface area contributed by atoms with Gasteiger partial charge in [0.15, 0.2) is 0 Å². The third-order valence-corrected chi connectivity index (χ3v) is 2.62. The molecule has 0 aromatic rings. The first-order valence-electron chi connectivity index (χ1n) is 4.80. The van der Waals surface area contributed by atoms with E-state index >= 15 is 0 Å². The first-order valence-corrected chi connectivity index (χ1v) is 4.80. The van der Waals surface area contributed by atoms with Gasteiger partial charge in [0, 0.05) is 18.6 Å². The molecule has 0 amide bonds. The minimum atomic E-state index is 0.411. The van der Waals surface area contributed by atoms with Crippen molar-refractivity contribution in [1.82, 2.24) is 0 Å². The van der Waals surface area contributed by atoms with Gasteiger partial charge in [0.05, 0.1) is 0 Å². The molecular formula is C10H17NO. The van der Waals surface area contributed by atoms with Crippen molar-refractivity contribution in [3.63, 3.8) is 0 Å². The van der Waals surface area contributed by atoms with Crippen LogP contribution >= 0.6 is 0 Å². The summed E-state index contributed by atoms with van der Waals surface area (Å²) in [5.74, 6) is 1.03. The molecule has 2 nitrogen and oxygen atoms in total. The molecular weight excluding hydrogens is 150 g/mol. The Labute approximate surface area is 73.9 Å². The van der Waals surface area contributed by atoms with Crippen molar-refractivity contribution in [2.45, 2.75) is 45.4 Å². The highest BCUT2D eigenvalue weighted by atomic mass is 16.1. The Morgan fingerprint density at radius 2 is 2.08 bits per heavy atom. The molecule has 1 saturated carbocycles. The number of hydrogen-bond donors (Lipinski definition) is 1. The normalized spacial score (nSPS) is 19.6. The van der Waals surface area contributed by atoms with Crippen LogP contribution in [0.15, 0.2) is 0 Å². The highest BCUT2D eigenvalue weighted by molar-refractivity contribution is 5.82. The maximum atomic E-state index is 10.9. The summed E-state index contributed by atoms with van der Waals surface area (Å²) < 4.78 is 0. The van der Waals surface area contributed by atoms with Crippen molar-refractivity contribution in [3.05, 3.63) is 0 Å². The zero-order valence-corrected chi connectivity index (χ0v) is 7.73. The zero-order chi connectivity index (χ0) is 8.97. The van der Waals surface area contributed by atoms with E-state index in [4.69, 9.17) is 5.41 Å². The lowest BCUT2D eigenvalue weighted by Crippen LogP contribution is -2.16. The molecule has 0 aromatic carbocycles. The van der Waals surface area contributed by atoms with Crippen LogP contribution in [0.2, 0.25) is 0 Å². The van der Waals surface area contributed by atoms with E-state index in [1.807, 2.05) is 6.92 Å². The summed E-state index contributed by atoms with van der Waals surface area (Å²) >= 11 is 0. The van der Waals surface area contributed by atoms with Crippen LogP contribution in [0.4, 0.5) is 0 Å². The second kappa shape index (κ2) is 4.39. The van der Waals surface area contributed by atoms with E-state index in [0.29, 0.717) is 11.7 Å². The Morgan fingerprint density at radius 1 is 1.50 bits per heavy atom. The Balaban J connectivity index is 2.26. The highest BCUT2D eigenvalue weighted by Crippen LogP contribution is 2.24. The Bertz CT molecular complexity index is 176. The van der Waals surface area contributed by atoms with Gasteiger partial charge in [-0.25, -0.2) is 0 Å². The molecule has 12 heavy (non-hydrogen) atoms. The SMILES string of the molecule is CCC(=N)CC1CCC(=O)CC1. The topological polar surface area (TPSA) is 40.9 Å².